The molecule has 1 aliphatic rings. The number of rotatable bonds is 7. The summed E-state index contributed by atoms with van der Waals surface area (Å²) in [5, 5.41) is -0.300. The third-order valence-electron chi connectivity index (χ3n) is 5.33. The van der Waals surface area contributed by atoms with E-state index in [2.05, 4.69) is 15.0 Å². The summed E-state index contributed by atoms with van der Waals surface area (Å²) in [5.41, 5.74) is 1.31. The monoisotopic (exact) mass is 463 g/mol. The number of ether oxygens (including phenoxy) is 2. The van der Waals surface area contributed by atoms with E-state index in [-0.39, 0.29) is 10.9 Å². The Morgan fingerprint density at radius 3 is 2.56 bits per heavy atom. The zero-order valence-corrected chi connectivity index (χ0v) is 19.2. The van der Waals surface area contributed by atoms with E-state index in [0.29, 0.717) is 61.9 Å². The fourth-order valence-corrected chi connectivity index (χ4v) is 4.91. The van der Waals surface area contributed by atoms with E-state index in [1.165, 1.54) is 18.2 Å². The molecule has 0 bridgehead atoms. The molecule has 4 rings (SSSR count). The van der Waals surface area contributed by atoms with Crippen molar-refractivity contribution in [3.05, 3.63) is 35.4 Å². The molecule has 2 aromatic heterocycles. The van der Waals surface area contributed by atoms with Crippen LogP contribution in [0.2, 0.25) is 0 Å². The number of imidazole rings is 1. The van der Waals surface area contributed by atoms with E-state index in [1.807, 2.05) is 18.9 Å². The van der Waals surface area contributed by atoms with Gasteiger partial charge >= 0.3 is 0 Å². The van der Waals surface area contributed by atoms with Crippen LogP contribution in [-0.2, 0) is 33.8 Å². The van der Waals surface area contributed by atoms with Gasteiger partial charge in [-0.1, -0.05) is 13.0 Å². The first kappa shape index (κ1) is 22.4. The van der Waals surface area contributed by atoms with E-state index < -0.39 is 21.4 Å². The molecule has 0 amide bonds. The van der Waals surface area contributed by atoms with Crippen LogP contribution in [0.15, 0.2) is 23.4 Å². The van der Waals surface area contributed by atoms with Gasteiger partial charge in [0.25, 0.3) is 5.16 Å². The molecule has 0 N–H and O–H groups in total. The van der Waals surface area contributed by atoms with Gasteiger partial charge in [0.15, 0.2) is 28.5 Å². The number of halogens is 1. The summed E-state index contributed by atoms with van der Waals surface area (Å²) >= 11 is 0. The highest BCUT2D eigenvalue weighted by Crippen LogP contribution is 2.28. The van der Waals surface area contributed by atoms with Crippen molar-refractivity contribution in [1.82, 2.24) is 19.5 Å². The van der Waals surface area contributed by atoms with Crippen molar-refractivity contribution in [1.29, 1.82) is 0 Å². The maximum absolute atomic E-state index is 14.2. The first-order chi connectivity index (χ1) is 15.3. The van der Waals surface area contributed by atoms with Crippen molar-refractivity contribution in [2.24, 2.45) is 7.05 Å². The molecule has 0 atom stereocenters. The minimum absolute atomic E-state index is 0.0860. The van der Waals surface area contributed by atoms with Crippen LogP contribution in [0, 0.1) is 5.82 Å². The molecular formula is C21H26FN5O4S. The van der Waals surface area contributed by atoms with Gasteiger partial charge in [-0.25, -0.2) is 17.8 Å². The Labute approximate surface area is 186 Å². The fourth-order valence-electron chi connectivity index (χ4n) is 3.71. The highest BCUT2D eigenvalue weighted by Gasteiger charge is 2.27. The summed E-state index contributed by atoms with van der Waals surface area (Å²) in [6.07, 6.45) is 0.670. The molecule has 1 aromatic carbocycles. The lowest BCUT2D eigenvalue weighted by Crippen LogP contribution is -2.37. The van der Waals surface area contributed by atoms with Crippen molar-refractivity contribution in [3.63, 3.8) is 0 Å². The zero-order valence-electron chi connectivity index (χ0n) is 18.3. The summed E-state index contributed by atoms with van der Waals surface area (Å²) in [7, 11) is -2.14. The van der Waals surface area contributed by atoms with Gasteiger partial charge in [0.2, 0.25) is 9.84 Å². The van der Waals surface area contributed by atoms with Crippen molar-refractivity contribution in [2.45, 2.75) is 31.2 Å². The minimum Gasteiger partial charge on any atom is -0.491 e. The Balaban J connectivity index is 1.77. The predicted molar refractivity (Wildman–Crippen MR) is 117 cm³/mol. The minimum atomic E-state index is -3.95. The fraction of sp³-hybridized carbons (Fsp3) is 0.476. The number of morpholine rings is 1. The van der Waals surface area contributed by atoms with E-state index in [4.69, 9.17) is 9.47 Å². The lowest BCUT2D eigenvalue weighted by molar-refractivity contribution is 0.122. The highest BCUT2D eigenvalue weighted by molar-refractivity contribution is 7.90. The third kappa shape index (κ3) is 4.26. The summed E-state index contributed by atoms with van der Waals surface area (Å²) < 4.78 is 53.1. The van der Waals surface area contributed by atoms with Crippen LogP contribution < -0.4 is 9.64 Å². The second-order valence-electron chi connectivity index (χ2n) is 7.50. The molecule has 32 heavy (non-hydrogen) atoms. The molecule has 1 aliphatic heterocycles. The van der Waals surface area contributed by atoms with E-state index in [9.17, 15) is 12.8 Å². The van der Waals surface area contributed by atoms with Crippen molar-refractivity contribution in [3.8, 4) is 5.75 Å². The standard InChI is InChI=1S/C21H26FN5O4S/c1-4-17-23-18-19(26(17)3)24-21(25-20(18)27-8-10-30-11-9-27)32(28,29)13-14-6-7-16(31-5-2)15(22)12-14/h6-7,12H,4-5,8-11,13H2,1-3H3. The van der Waals surface area contributed by atoms with Crippen LogP contribution in [0.3, 0.4) is 0 Å². The van der Waals surface area contributed by atoms with Crippen LogP contribution in [0.1, 0.15) is 25.2 Å². The topological polar surface area (TPSA) is 99.4 Å². The average molecular weight is 464 g/mol. The zero-order chi connectivity index (χ0) is 22.9. The smallest absolute Gasteiger partial charge is 0.251 e. The second-order valence-corrected chi connectivity index (χ2v) is 9.38. The number of anilines is 1. The molecule has 1 fully saturated rings. The van der Waals surface area contributed by atoms with Gasteiger partial charge in [-0.3, -0.25) is 0 Å². The predicted octanol–water partition coefficient (Wildman–Crippen LogP) is 2.27. The van der Waals surface area contributed by atoms with Crippen LogP contribution in [-0.4, -0.2) is 60.8 Å². The molecule has 3 heterocycles. The van der Waals surface area contributed by atoms with E-state index in [0.717, 1.165) is 5.82 Å². The Morgan fingerprint density at radius 2 is 1.91 bits per heavy atom. The first-order valence-electron chi connectivity index (χ1n) is 10.5. The highest BCUT2D eigenvalue weighted by atomic mass is 32.2. The molecule has 0 unspecified atom stereocenters. The summed E-state index contributed by atoms with van der Waals surface area (Å²) in [6.45, 7) is 6.23. The van der Waals surface area contributed by atoms with Gasteiger partial charge < -0.3 is 18.9 Å². The summed E-state index contributed by atoms with van der Waals surface area (Å²) in [6, 6.07) is 4.14. The molecule has 0 radical (unpaired) electrons. The number of hydrogen-bond donors (Lipinski definition) is 0. The number of aryl methyl sites for hydroxylation is 2. The number of benzene rings is 1. The van der Waals surface area contributed by atoms with Crippen molar-refractivity contribution in [2.75, 3.05) is 37.8 Å². The maximum Gasteiger partial charge on any atom is 0.251 e. The lowest BCUT2D eigenvalue weighted by Gasteiger charge is -2.28. The molecule has 0 aliphatic carbocycles. The second kappa shape index (κ2) is 8.99. The maximum atomic E-state index is 14.2. The Bertz CT molecular complexity index is 1240. The van der Waals surface area contributed by atoms with Crippen molar-refractivity contribution < 1.29 is 22.3 Å². The number of nitrogens with zero attached hydrogens (tertiary/aromatic N) is 5. The SMILES string of the molecule is CCOc1ccc(CS(=O)(=O)c2nc(N3CCOCC3)c3nc(CC)n(C)c3n2)cc1F. The van der Waals surface area contributed by atoms with Gasteiger partial charge in [-0.05, 0) is 24.6 Å². The van der Waals surface area contributed by atoms with Gasteiger partial charge in [0.05, 0.1) is 25.6 Å². The average Bonchev–Trinajstić information content (AvgIpc) is 3.11. The Hall–Kier alpha value is -2.79. The van der Waals surface area contributed by atoms with E-state index in [1.54, 1.807) is 11.5 Å². The number of aromatic nitrogens is 4. The lowest BCUT2D eigenvalue weighted by atomic mass is 10.2. The third-order valence-corrected chi connectivity index (χ3v) is 6.78. The Morgan fingerprint density at radius 1 is 1.16 bits per heavy atom. The quantitative estimate of drug-likeness (QED) is 0.492. The first-order valence-corrected chi connectivity index (χ1v) is 12.2. The number of sulfone groups is 1. The van der Waals surface area contributed by atoms with Crippen molar-refractivity contribution >= 4 is 26.8 Å². The van der Waals surface area contributed by atoms with E-state index >= 15 is 0 Å². The van der Waals surface area contributed by atoms with Crippen LogP contribution >= 0.6 is 0 Å². The van der Waals surface area contributed by atoms with Crippen LogP contribution in [0.5, 0.6) is 5.75 Å². The molecule has 172 valence electrons. The molecule has 9 nitrogen and oxygen atoms in total. The van der Waals surface area contributed by atoms with Crippen LogP contribution in [0.4, 0.5) is 10.2 Å². The largest absolute Gasteiger partial charge is 0.491 e. The van der Waals surface area contributed by atoms with Gasteiger partial charge in [0, 0.05) is 26.6 Å². The molecule has 11 heteroatoms. The molecular weight excluding hydrogens is 437 g/mol. The molecule has 0 saturated carbocycles. The number of hydrogen-bond acceptors (Lipinski definition) is 8. The molecule has 1 saturated heterocycles. The van der Waals surface area contributed by atoms with Crippen LogP contribution in [0.25, 0.3) is 11.2 Å². The normalized spacial score (nSPS) is 14.8. The molecule has 3 aromatic rings. The Kier molecular flexibility index (Phi) is 6.29. The van der Waals surface area contributed by atoms with Gasteiger partial charge in [-0.15, -0.1) is 0 Å². The summed E-state index contributed by atoms with van der Waals surface area (Å²) in [5.74, 6) is 0.312. The summed E-state index contributed by atoms with van der Waals surface area (Å²) in [4.78, 5) is 15.4. The molecule has 0 spiro atoms. The van der Waals surface area contributed by atoms with Gasteiger partial charge in [0.1, 0.15) is 5.82 Å². The van der Waals surface area contributed by atoms with Gasteiger partial charge in [-0.2, -0.15) is 9.97 Å². The number of fused-ring (bicyclic) bond motifs is 1.